The predicted molar refractivity (Wildman–Crippen MR) is 135 cm³/mol. The number of benzene rings is 2. The molecule has 2 heterocycles. The minimum atomic E-state index is -0.588. The van der Waals surface area contributed by atoms with E-state index in [1.165, 1.54) is 36.4 Å². The molecular formula is C22H17Br3F4N6. The topological polar surface area (TPSA) is 89.6 Å². The van der Waals surface area contributed by atoms with Crippen molar-refractivity contribution >= 4 is 53.7 Å². The number of hydrogen-bond donors (Lipinski definition) is 2. The summed E-state index contributed by atoms with van der Waals surface area (Å²) in [6.07, 6.45) is 6.45. The third-order valence-electron chi connectivity index (χ3n) is 3.96. The van der Waals surface area contributed by atoms with E-state index >= 15 is 0 Å². The summed E-state index contributed by atoms with van der Waals surface area (Å²) in [6.45, 7) is -0.0986. The molecule has 0 amide bonds. The monoisotopic (exact) mass is 678 g/mol. The molecule has 4 rings (SSSR count). The van der Waals surface area contributed by atoms with Crippen LogP contribution in [0, 0.1) is 23.3 Å². The first-order valence-corrected chi connectivity index (χ1v) is 12.0. The van der Waals surface area contributed by atoms with Crippen molar-refractivity contribution in [3.05, 3.63) is 109 Å². The second kappa shape index (κ2) is 14.8. The van der Waals surface area contributed by atoms with Gasteiger partial charge >= 0.3 is 0 Å². The second-order valence-corrected chi connectivity index (χ2v) is 8.89. The third kappa shape index (κ3) is 9.96. The minimum absolute atomic E-state index is 0.000138. The van der Waals surface area contributed by atoms with Crippen molar-refractivity contribution in [3.63, 3.8) is 0 Å². The van der Waals surface area contributed by atoms with Crippen LogP contribution in [-0.2, 0) is 13.1 Å². The molecule has 3 N–H and O–H groups in total. The Bertz CT molecular complexity index is 1150. The maximum atomic E-state index is 13.3. The Morgan fingerprint density at radius 2 is 1.06 bits per heavy atom. The molecule has 0 aliphatic carbocycles. The molecule has 2 aromatic carbocycles. The van der Waals surface area contributed by atoms with Crippen LogP contribution in [0.1, 0.15) is 11.1 Å². The van der Waals surface area contributed by atoms with Gasteiger partial charge in [0.25, 0.3) is 0 Å². The first kappa shape index (κ1) is 28.8. The van der Waals surface area contributed by atoms with E-state index in [9.17, 15) is 17.6 Å². The third-order valence-corrected chi connectivity index (χ3v) is 5.19. The van der Waals surface area contributed by atoms with E-state index in [0.29, 0.717) is 10.7 Å². The molecule has 0 atom stereocenters. The lowest BCUT2D eigenvalue weighted by molar-refractivity contribution is 0.557. The quantitative estimate of drug-likeness (QED) is 0.188. The van der Waals surface area contributed by atoms with Crippen LogP contribution in [0.4, 0.5) is 23.5 Å². The maximum absolute atomic E-state index is 13.3. The number of nitrogens with one attached hydrogen (secondary N) is 1. The van der Waals surface area contributed by atoms with Gasteiger partial charge in [-0.15, -0.1) is 0 Å². The fourth-order valence-corrected chi connectivity index (χ4v) is 2.91. The standard InChI is InChI=1S/C11H8BrF2N3.C7H7F2N.C4H2Br2N2/c12-7-4-15-11(16-5-7)17-6-8-9(13)2-1-3-10(8)14;8-6-2-1-3-7(9)5(6)4-10;5-3-1-7-4(6)8-2-3/h1-5H,6H2,(H,15,16,17);1-3H,4,10H2;1-2H. The lowest BCUT2D eigenvalue weighted by Crippen LogP contribution is -2.06. The van der Waals surface area contributed by atoms with E-state index in [4.69, 9.17) is 5.73 Å². The van der Waals surface area contributed by atoms with E-state index in [1.807, 2.05) is 0 Å². The van der Waals surface area contributed by atoms with Crippen molar-refractivity contribution in [1.29, 1.82) is 0 Å². The number of hydrogen-bond acceptors (Lipinski definition) is 6. The molecule has 0 unspecified atom stereocenters. The normalized spacial score (nSPS) is 9.94. The molecule has 0 fully saturated rings. The first-order valence-electron chi connectivity index (χ1n) is 9.61. The molecule has 0 saturated heterocycles. The van der Waals surface area contributed by atoms with E-state index < -0.39 is 23.3 Å². The highest BCUT2D eigenvalue weighted by atomic mass is 79.9. The summed E-state index contributed by atoms with van der Waals surface area (Å²) in [5, 5.41) is 2.75. The predicted octanol–water partition coefficient (Wildman–Crippen LogP) is 6.55. The zero-order valence-corrected chi connectivity index (χ0v) is 22.5. The number of rotatable bonds is 4. The Morgan fingerprint density at radius 3 is 1.43 bits per heavy atom. The first-order chi connectivity index (χ1) is 16.7. The zero-order chi connectivity index (χ0) is 25.8. The average molecular weight is 681 g/mol. The zero-order valence-electron chi connectivity index (χ0n) is 17.7. The highest BCUT2D eigenvalue weighted by Gasteiger charge is 2.08. The van der Waals surface area contributed by atoms with Crippen LogP contribution in [0.5, 0.6) is 0 Å². The average Bonchev–Trinajstić information content (AvgIpc) is 2.83. The summed E-state index contributed by atoms with van der Waals surface area (Å²) < 4.78 is 53.9. The highest BCUT2D eigenvalue weighted by Crippen LogP contribution is 2.14. The number of aromatic nitrogens is 4. The summed E-state index contributed by atoms with van der Waals surface area (Å²) in [5.74, 6) is -2.02. The van der Waals surface area contributed by atoms with Gasteiger partial charge in [0.2, 0.25) is 5.95 Å². The van der Waals surface area contributed by atoms with Crippen LogP contribution in [-0.4, -0.2) is 19.9 Å². The molecule has 4 aromatic rings. The molecule has 2 aromatic heterocycles. The maximum Gasteiger partial charge on any atom is 0.222 e. The van der Waals surface area contributed by atoms with Crippen molar-refractivity contribution in [2.75, 3.05) is 5.32 Å². The molecule has 0 bridgehead atoms. The van der Waals surface area contributed by atoms with Crippen LogP contribution >= 0.6 is 47.8 Å². The molecule has 0 aliphatic rings. The van der Waals surface area contributed by atoms with Crippen LogP contribution in [0.15, 0.2) is 74.9 Å². The van der Waals surface area contributed by atoms with Crippen LogP contribution in [0.2, 0.25) is 0 Å². The fraction of sp³-hybridized carbons (Fsp3) is 0.0909. The number of halogens is 7. The highest BCUT2D eigenvalue weighted by molar-refractivity contribution is 9.11. The lowest BCUT2D eigenvalue weighted by atomic mass is 10.2. The second-order valence-electron chi connectivity index (χ2n) is 6.35. The van der Waals surface area contributed by atoms with Gasteiger partial charge < -0.3 is 11.1 Å². The molecule has 0 aliphatic heterocycles. The Balaban J connectivity index is 0.000000204. The van der Waals surface area contributed by atoms with E-state index in [1.54, 1.807) is 24.8 Å². The Kier molecular flexibility index (Phi) is 12.2. The summed E-state index contributed by atoms with van der Waals surface area (Å²) in [4.78, 5) is 15.6. The Morgan fingerprint density at radius 1 is 0.657 bits per heavy atom. The summed E-state index contributed by atoms with van der Waals surface area (Å²) in [7, 11) is 0. The van der Waals surface area contributed by atoms with Gasteiger partial charge in [-0.1, -0.05) is 12.1 Å². The van der Waals surface area contributed by atoms with E-state index in [0.717, 1.165) is 8.95 Å². The van der Waals surface area contributed by atoms with Gasteiger partial charge in [0, 0.05) is 49.0 Å². The van der Waals surface area contributed by atoms with Crippen LogP contribution in [0.25, 0.3) is 0 Å². The number of anilines is 1. The van der Waals surface area contributed by atoms with Gasteiger partial charge in [0.15, 0.2) is 4.73 Å². The minimum Gasteiger partial charge on any atom is -0.350 e. The van der Waals surface area contributed by atoms with Crippen molar-refractivity contribution in [2.24, 2.45) is 5.73 Å². The molecule has 35 heavy (non-hydrogen) atoms. The molecule has 0 saturated carbocycles. The summed E-state index contributed by atoms with van der Waals surface area (Å²) in [5.41, 5.74) is 4.99. The van der Waals surface area contributed by atoms with Gasteiger partial charge in [0.1, 0.15) is 23.3 Å². The molecule has 0 radical (unpaired) electrons. The van der Waals surface area contributed by atoms with E-state index in [-0.39, 0.29) is 24.2 Å². The number of nitrogens with two attached hydrogens (primary N) is 1. The SMILES string of the molecule is Brc1cnc(Br)nc1.Fc1cccc(F)c1CNc1ncc(Br)cn1.NCc1c(F)cccc1F. The van der Waals surface area contributed by atoms with Gasteiger partial charge in [-0.05, 0) is 72.1 Å². The van der Waals surface area contributed by atoms with Crippen LogP contribution < -0.4 is 11.1 Å². The fourth-order valence-electron chi connectivity index (χ4n) is 2.30. The van der Waals surface area contributed by atoms with Crippen molar-refractivity contribution in [1.82, 2.24) is 19.9 Å². The Hall–Kier alpha value is -2.48. The largest absolute Gasteiger partial charge is 0.350 e. The molecule has 184 valence electrons. The van der Waals surface area contributed by atoms with Crippen molar-refractivity contribution in [2.45, 2.75) is 13.1 Å². The van der Waals surface area contributed by atoms with Gasteiger partial charge in [-0.2, -0.15) is 0 Å². The Labute approximate surface area is 223 Å². The van der Waals surface area contributed by atoms with Gasteiger partial charge in [-0.25, -0.2) is 37.5 Å². The van der Waals surface area contributed by atoms with Crippen molar-refractivity contribution < 1.29 is 17.6 Å². The molecular weight excluding hydrogens is 664 g/mol. The molecule has 6 nitrogen and oxygen atoms in total. The molecule has 0 spiro atoms. The smallest absolute Gasteiger partial charge is 0.222 e. The van der Waals surface area contributed by atoms with Crippen LogP contribution in [0.3, 0.4) is 0 Å². The lowest BCUT2D eigenvalue weighted by Gasteiger charge is -2.06. The molecule has 13 heteroatoms. The summed E-state index contributed by atoms with van der Waals surface area (Å²) >= 11 is 9.49. The van der Waals surface area contributed by atoms with Gasteiger partial charge in [0.05, 0.1) is 8.95 Å². The van der Waals surface area contributed by atoms with E-state index in [2.05, 4.69) is 73.0 Å². The van der Waals surface area contributed by atoms with Crippen molar-refractivity contribution in [3.8, 4) is 0 Å². The van der Waals surface area contributed by atoms with Gasteiger partial charge in [-0.3, -0.25) is 0 Å². The summed E-state index contributed by atoms with van der Waals surface area (Å²) in [6, 6.07) is 7.43. The number of nitrogens with zero attached hydrogens (tertiary/aromatic N) is 4.